The van der Waals surface area contributed by atoms with Crippen LogP contribution >= 0.6 is 46.1 Å². The minimum Gasteiger partial charge on any atom is -0.236 e. The molecule has 0 saturated heterocycles. The molecule has 6 aromatic rings. The standard InChI is InChI=1S/C28H19N5S4/c1-14-6-7-15(23-22(14)30-36-31-23)20-12-17-26(34-20)27-18(28(17)10-4-3-5-11-28)13-21(35-27)16-8-9-19(29-2)25-24(16)32-37-33-25/h6-9,12-13H,3-5,10-11H2,1H3. The second-order valence-corrected chi connectivity index (χ2v) is 13.1. The van der Waals surface area contributed by atoms with Crippen molar-refractivity contribution in [3.8, 4) is 30.6 Å². The molecule has 5 nitrogen and oxygen atoms in total. The van der Waals surface area contributed by atoms with Crippen LogP contribution in [0.1, 0.15) is 48.8 Å². The van der Waals surface area contributed by atoms with E-state index in [1.165, 1.54) is 97.3 Å². The first-order valence-electron chi connectivity index (χ1n) is 12.3. The molecule has 9 heteroatoms. The Labute approximate surface area is 229 Å². The zero-order valence-electron chi connectivity index (χ0n) is 19.9. The molecule has 0 unspecified atom stereocenters. The summed E-state index contributed by atoms with van der Waals surface area (Å²) in [5, 5.41) is 0. The van der Waals surface area contributed by atoms with E-state index in [2.05, 4.69) is 59.6 Å². The Kier molecular flexibility index (Phi) is 4.75. The lowest BCUT2D eigenvalue weighted by Gasteiger charge is -2.34. The average molecular weight is 554 g/mol. The number of fused-ring (bicyclic) bond motifs is 7. The van der Waals surface area contributed by atoms with Gasteiger partial charge in [0.2, 0.25) is 5.69 Å². The van der Waals surface area contributed by atoms with E-state index in [4.69, 9.17) is 6.57 Å². The normalized spacial score (nSPS) is 15.9. The van der Waals surface area contributed by atoms with Crippen LogP contribution in [0.3, 0.4) is 0 Å². The quantitative estimate of drug-likeness (QED) is 0.201. The van der Waals surface area contributed by atoms with Gasteiger partial charge in [0.05, 0.1) is 30.0 Å². The summed E-state index contributed by atoms with van der Waals surface area (Å²) >= 11 is 6.28. The Bertz CT molecular complexity index is 1910. The molecule has 1 fully saturated rings. The first-order chi connectivity index (χ1) is 18.2. The number of hydrogen-bond acceptors (Lipinski definition) is 8. The lowest BCUT2D eigenvalue weighted by molar-refractivity contribution is 0.354. The molecule has 4 aromatic heterocycles. The summed E-state index contributed by atoms with van der Waals surface area (Å²) in [6, 6.07) is 13.2. The summed E-state index contributed by atoms with van der Waals surface area (Å²) in [6.45, 7) is 9.62. The SMILES string of the molecule is [C-]#[N+]c1ccc(-c2cc3c(s2)-c2sc(-c4ccc(C)c5nsnc45)cc2C32CCCCC2)c2nsnc12. The largest absolute Gasteiger partial charge is 0.236 e. The van der Waals surface area contributed by atoms with Gasteiger partial charge in [-0.05, 0) is 48.6 Å². The van der Waals surface area contributed by atoms with Crippen LogP contribution in [-0.4, -0.2) is 17.5 Å². The van der Waals surface area contributed by atoms with Crippen molar-refractivity contribution in [2.45, 2.75) is 44.4 Å². The molecule has 0 N–H and O–H groups in total. The zero-order valence-corrected chi connectivity index (χ0v) is 23.1. The smallest absolute Gasteiger partial charge is 0.215 e. The van der Waals surface area contributed by atoms with Crippen molar-refractivity contribution >= 4 is 73.9 Å². The number of aromatic nitrogens is 4. The molecular formula is C28H19N5S4. The molecule has 2 aliphatic carbocycles. The monoisotopic (exact) mass is 553 g/mol. The fraction of sp³-hybridized carbons (Fsp3) is 0.250. The van der Waals surface area contributed by atoms with Gasteiger partial charge >= 0.3 is 0 Å². The molecular weight excluding hydrogens is 535 g/mol. The second-order valence-electron chi connectivity index (χ2n) is 9.95. The molecule has 4 heterocycles. The maximum atomic E-state index is 7.51. The zero-order chi connectivity index (χ0) is 24.7. The van der Waals surface area contributed by atoms with Gasteiger partial charge in [0, 0.05) is 36.1 Å². The maximum absolute atomic E-state index is 7.51. The summed E-state index contributed by atoms with van der Waals surface area (Å²) in [6.07, 6.45) is 6.24. The predicted molar refractivity (Wildman–Crippen MR) is 155 cm³/mol. The third-order valence-electron chi connectivity index (χ3n) is 8.07. The van der Waals surface area contributed by atoms with Gasteiger partial charge in [-0.3, -0.25) is 0 Å². The van der Waals surface area contributed by atoms with Gasteiger partial charge in [-0.25, -0.2) is 4.85 Å². The van der Waals surface area contributed by atoms with Gasteiger partial charge in [-0.15, -0.1) is 22.7 Å². The van der Waals surface area contributed by atoms with Gasteiger partial charge in [0.15, 0.2) is 0 Å². The number of benzene rings is 2. The minimum absolute atomic E-state index is 0.0897. The molecule has 180 valence electrons. The van der Waals surface area contributed by atoms with E-state index in [-0.39, 0.29) is 5.41 Å². The first-order valence-corrected chi connectivity index (χ1v) is 15.4. The van der Waals surface area contributed by atoms with Gasteiger partial charge < -0.3 is 0 Å². The summed E-state index contributed by atoms with van der Waals surface area (Å²) in [4.78, 5) is 9.01. The van der Waals surface area contributed by atoms with E-state index in [9.17, 15) is 0 Å². The van der Waals surface area contributed by atoms with E-state index in [1.54, 1.807) is 0 Å². The highest BCUT2D eigenvalue weighted by atomic mass is 32.1. The molecule has 8 rings (SSSR count). The van der Waals surface area contributed by atoms with Crippen molar-refractivity contribution in [2.24, 2.45) is 0 Å². The summed E-state index contributed by atoms with van der Waals surface area (Å²) in [7, 11) is 0. The van der Waals surface area contributed by atoms with E-state index in [1.807, 2.05) is 28.7 Å². The molecule has 0 atom stereocenters. The van der Waals surface area contributed by atoms with Crippen LogP contribution in [0.5, 0.6) is 0 Å². The van der Waals surface area contributed by atoms with Crippen molar-refractivity contribution < 1.29 is 0 Å². The Morgan fingerprint density at radius 1 is 0.730 bits per heavy atom. The van der Waals surface area contributed by atoms with Crippen molar-refractivity contribution in [3.63, 3.8) is 0 Å². The lowest BCUT2D eigenvalue weighted by atomic mass is 9.68. The van der Waals surface area contributed by atoms with Crippen molar-refractivity contribution in [2.75, 3.05) is 0 Å². The van der Waals surface area contributed by atoms with Crippen LogP contribution in [0, 0.1) is 13.5 Å². The van der Waals surface area contributed by atoms with Crippen LogP contribution in [-0.2, 0) is 5.41 Å². The molecule has 0 aliphatic heterocycles. The van der Waals surface area contributed by atoms with Gasteiger partial charge in [0.25, 0.3) is 0 Å². The van der Waals surface area contributed by atoms with Crippen LogP contribution in [0.2, 0.25) is 0 Å². The van der Waals surface area contributed by atoms with Crippen LogP contribution in [0.15, 0.2) is 36.4 Å². The Morgan fingerprint density at radius 2 is 1.30 bits per heavy atom. The number of aryl methyl sites for hydroxylation is 1. The van der Waals surface area contributed by atoms with E-state index >= 15 is 0 Å². The number of hydrogen-bond donors (Lipinski definition) is 0. The second kappa shape index (κ2) is 7.98. The average Bonchev–Trinajstić information content (AvgIpc) is 3.74. The lowest BCUT2D eigenvalue weighted by Crippen LogP contribution is -2.27. The van der Waals surface area contributed by atoms with Crippen LogP contribution < -0.4 is 0 Å². The molecule has 0 bridgehead atoms. The molecule has 0 radical (unpaired) electrons. The highest BCUT2D eigenvalue weighted by Crippen LogP contribution is 2.62. The van der Waals surface area contributed by atoms with Crippen LogP contribution in [0.25, 0.3) is 57.5 Å². The first kappa shape index (κ1) is 22.0. The van der Waals surface area contributed by atoms with E-state index < -0.39 is 0 Å². The fourth-order valence-electron chi connectivity index (χ4n) is 6.27. The number of thiophene rings is 2. The number of rotatable bonds is 2. The van der Waals surface area contributed by atoms with E-state index in [0.29, 0.717) is 5.69 Å². The van der Waals surface area contributed by atoms with Crippen LogP contribution in [0.4, 0.5) is 5.69 Å². The molecule has 2 aliphatic rings. The molecule has 0 amide bonds. The molecule has 1 spiro atoms. The number of nitrogens with zero attached hydrogens (tertiary/aromatic N) is 5. The minimum atomic E-state index is 0.0897. The van der Waals surface area contributed by atoms with Crippen molar-refractivity contribution in [1.29, 1.82) is 0 Å². The molecule has 2 aromatic carbocycles. The molecule has 37 heavy (non-hydrogen) atoms. The third kappa shape index (κ3) is 2.98. The predicted octanol–water partition coefficient (Wildman–Crippen LogP) is 9.24. The highest BCUT2D eigenvalue weighted by molar-refractivity contribution is 7.26. The summed E-state index contributed by atoms with van der Waals surface area (Å²) < 4.78 is 18.3. The Hall–Kier alpha value is -3.03. The molecule has 1 saturated carbocycles. The van der Waals surface area contributed by atoms with Crippen molar-refractivity contribution in [3.05, 3.63) is 64.5 Å². The fourth-order valence-corrected chi connectivity index (χ4v) is 10.2. The maximum Gasteiger partial charge on any atom is 0.215 e. The summed E-state index contributed by atoms with van der Waals surface area (Å²) in [5.74, 6) is 0. The van der Waals surface area contributed by atoms with Gasteiger partial charge in [0.1, 0.15) is 22.1 Å². The Balaban J connectivity index is 1.34. The Morgan fingerprint density at radius 3 is 1.95 bits per heavy atom. The topological polar surface area (TPSA) is 55.9 Å². The highest BCUT2D eigenvalue weighted by Gasteiger charge is 2.46. The van der Waals surface area contributed by atoms with Crippen molar-refractivity contribution in [1.82, 2.24) is 17.5 Å². The van der Waals surface area contributed by atoms with Gasteiger partial charge in [-0.2, -0.15) is 17.5 Å². The van der Waals surface area contributed by atoms with Gasteiger partial charge in [-0.1, -0.05) is 43.5 Å². The van der Waals surface area contributed by atoms with E-state index in [0.717, 1.165) is 27.6 Å². The summed E-state index contributed by atoms with van der Waals surface area (Å²) in [5.41, 5.74) is 10.8. The third-order valence-corrected chi connectivity index (χ3v) is 11.6.